The number of rotatable bonds is 6. The van der Waals surface area contributed by atoms with Crippen LogP contribution in [0.25, 0.3) is 10.9 Å². The van der Waals surface area contributed by atoms with Crippen molar-refractivity contribution < 1.29 is 9.63 Å². The molecule has 0 radical (unpaired) electrons. The summed E-state index contributed by atoms with van der Waals surface area (Å²) < 4.78 is 0. The number of benzene rings is 3. The van der Waals surface area contributed by atoms with Gasteiger partial charge in [-0.1, -0.05) is 64.8 Å². The van der Waals surface area contributed by atoms with E-state index in [1.165, 1.54) is 12.3 Å². The highest BCUT2D eigenvalue weighted by molar-refractivity contribution is 7.98. The number of halogens is 2. The van der Waals surface area contributed by atoms with Gasteiger partial charge in [-0.25, -0.2) is 9.78 Å². The van der Waals surface area contributed by atoms with E-state index in [2.05, 4.69) is 5.16 Å². The summed E-state index contributed by atoms with van der Waals surface area (Å²) in [6.07, 6.45) is 1.51. The molecule has 0 bridgehead atoms. The number of carbonyl (C=O) groups excluding carboxylic acids is 1. The zero-order valence-corrected chi connectivity index (χ0v) is 18.5. The lowest BCUT2D eigenvalue weighted by atomic mass is 10.2. The van der Waals surface area contributed by atoms with Gasteiger partial charge in [-0.3, -0.25) is 0 Å². The van der Waals surface area contributed by atoms with E-state index in [1.807, 2.05) is 54.6 Å². The first kappa shape index (κ1) is 21.4. The molecule has 4 rings (SSSR count). The van der Waals surface area contributed by atoms with Crippen LogP contribution in [0, 0.1) is 0 Å². The van der Waals surface area contributed by atoms with Gasteiger partial charge in [0.05, 0.1) is 17.3 Å². The molecule has 4 aromatic rings. The van der Waals surface area contributed by atoms with Gasteiger partial charge in [0.1, 0.15) is 5.03 Å². The second-order valence-corrected chi connectivity index (χ2v) is 8.45. The largest absolute Gasteiger partial charge is 0.365 e. The Labute approximate surface area is 193 Å². The molecule has 31 heavy (non-hydrogen) atoms. The van der Waals surface area contributed by atoms with E-state index in [9.17, 15) is 4.79 Å². The highest BCUT2D eigenvalue weighted by atomic mass is 35.5. The lowest BCUT2D eigenvalue weighted by Gasteiger charge is -2.08. The Hall–Kier alpha value is -2.86. The molecule has 0 N–H and O–H groups in total. The molecule has 0 fully saturated rings. The Morgan fingerprint density at radius 1 is 0.968 bits per heavy atom. The molecule has 7 heteroatoms. The summed E-state index contributed by atoms with van der Waals surface area (Å²) in [5.41, 5.74) is 3.10. The smallest absolute Gasteiger partial charge is 0.313 e. The lowest BCUT2D eigenvalue weighted by Crippen LogP contribution is -2.01. The number of nitrogens with zero attached hydrogens (tertiary/aromatic N) is 2. The average Bonchev–Trinajstić information content (AvgIpc) is 2.78. The van der Waals surface area contributed by atoms with Gasteiger partial charge in [0.15, 0.2) is 0 Å². The minimum Gasteiger partial charge on any atom is -0.313 e. The number of hydrogen-bond donors (Lipinski definition) is 0. The number of para-hydroxylation sites is 1. The van der Waals surface area contributed by atoms with Crippen molar-refractivity contribution in [3.8, 4) is 0 Å². The molecule has 0 saturated heterocycles. The molecular formula is C24H16Cl2N2O2S. The maximum atomic E-state index is 12.2. The number of oxime groups is 1. The van der Waals surface area contributed by atoms with Crippen molar-refractivity contribution in [2.75, 3.05) is 0 Å². The predicted molar refractivity (Wildman–Crippen MR) is 127 cm³/mol. The Morgan fingerprint density at radius 2 is 1.77 bits per heavy atom. The fourth-order valence-corrected chi connectivity index (χ4v) is 4.11. The van der Waals surface area contributed by atoms with Crippen LogP contribution in [0.5, 0.6) is 0 Å². The van der Waals surface area contributed by atoms with Crippen molar-refractivity contribution in [2.45, 2.75) is 10.8 Å². The molecule has 0 aliphatic heterocycles. The van der Waals surface area contributed by atoms with Gasteiger partial charge in [-0.05, 0) is 48.0 Å². The molecule has 0 aliphatic rings. The summed E-state index contributed by atoms with van der Waals surface area (Å²) in [7, 11) is 0. The molecule has 0 aliphatic carbocycles. The monoisotopic (exact) mass is 466 g/mol. The van der Waals surface area contributed by atoms with E-state index in [1.54, 1.807) is 30.0 Å². The van der Waals surface area contributed by atoms with Crippen LogP contribution in [-0.4, -0.2) is 17.2 Å². The van der Waals surface area contributed by atoms with Gasteiger partial charge in [0.2, 0.25) is 0 Å². The molecule has 4 nitrogen and oxygen atoms in total. The van der Waals surface area contributed by atoms with Gasteiger partial charge in [0, 0.05) is 26.7 Å². The van der Waals surface area contributed by atoms with Gasteiger partial charge >= 0.3 is 5.97 Å². The zero-order valence-electron chi connectivity index (χ0n) is 16.2. The Morgan fingerprint density at radius 3 is 2.58 bits per heavy atom. The third-order valence-corrected chi connectivity index (χ3v) is 5.96. The van der Waals surface area contributed by atoms with Crippen molar-refractivity contribution >= 4 is 58.1 Å². The number of thioether (sulfide) groups is 1. The molecule has 0 amide bonds. The SMILES string of the molecule is O=C(ON=Cc1cc2ccccc2nc1SCc1ccc(Cl)cc1)c1cccc(Cl)c1. The molecule has 1 aromatic heterocycles. The van der Waals surface area contributed by atoms with Crippen molar-refractivity contribution in [3.05, 3.63) is 106 Å². The molecular weight excluding hydrogens is 451 g/mol. The molecule has 0 spiro atoms. The fraction of sp³-hybridized carbons (Fsp3) is 0.0417. The standard InChI is InChI=1S/C24H16Cl2N2O2S/c25-20-10-8-16(9-11-20)15-31-23-19(12-17-4-1-2-7-22(17)28-23)14-27-30-24(29)18-5-3-6-21(26)13-18/h1-14H,15H2. The van der Waals surface area contributed by atoms with Crippen molar-refractivity contribution in [1.29, 1.82) is 0 Å². The highest BCUT2D eigenvalue weighted by Gasteiger charge is 2.09. The van der Waals surface area contributed by atoms with Crippen LogP contribution in [0.2, 0.25) is 10.0 Å². The quantitative estimate of drug-likeness (QED) is 0.132. The summed E-state index contributed by atoms with van der Waals surface area (Å²) in [4.78, 5) is 22.0. The first-order valence-corrected chi connectivity index (χ1v) is 11.1. The topological polar surface area (TPSA) is 51.5 Å². The van der Waals surface area contributed by atoms with Crippen LogP contribution < -0.4 is 0 Å². The third-order valence-electron chi connectivity index (χ3n) is 4.39. The zero-order chi connectivity index (χ0) is 21.6. The molecule has 1 heterocycles. The summed E-state index contributed by atoms with van der Waals surface area (Å²) in [5, 5.41) is 6.81. The van der Waals surface area contributed by atoms with E-state index in [-0.39, 0.29) is 0 Å². The van der Waals surface area contributed by atoms with E-state index in [0.717, 1.165) is 27.1 Å². The average molecular weight is 467 g/mol. The first-order valence-electron chi connectivity index (χ1n) is 9.36. The normalized spacial score (nSPS) is 11.2. The van der Waals surface area contributed by atoms with Gasteiger partial charge < -0.3 is 4.84 Å². The maximum absolute atomic E-state index is 12.2. The van der Waals surface area contributed by atoms with E-state index in [0.29, 0.717) is 21.4 Å². The Kier molecular flexibility index (Phi) is 6.87. The summed E-state index contributed by atoms with van der Waals surface area (Å²) in [5.74, 6) is 0.133. The number of aromatic nitrogens is 1. The first-order chi connectivity index (χ1) is 15.1. The second-order valence-electron chi connectivity index (χ2n) is 6.61. The summed E-state index contributed by atoms with van der Waals surface area (Å²) in [6, 6.07) is 24.0. The molecule has 154 valence electrons. The molecule has 0 saturated carbocycles. The van der Waals surface area contributed by atoms with E-state index in [4.69, 9.17) is 33.0 Å². The summed E-state index contributed by atoms with van der Waals surface area (Å²) in [6.45, 7) is 0. The van der Waals surface area contributed by atoms with Crippen molar-refractivity contribution in [3.63, 3.8) is 0 Å². The second kappa shape index (κ2) is 9.96. The Balaban J connectivity index is 1.55. The van der Waals surface area contributed by atoms with Gasteiger partial charge in [0.25, 0.3) is 0 Å². The van der Waals surface area contributed by atoms with Crippen LogP contribution in [0.1, 0.15) is 21.5 Å². The van der Waals surface area contributed by atoms with Crippen LogP contribution in [-0.2, 0) is 10.6 Å². The van der Waals surface area contributed by atoms with Crippen molar-refractivity contribution in [1.82, 2.24) is 4.98 Å². The summed E-state index contributed by atoms with van der Waals surface area (Å²) >= 11 is 13.5. The Bertz CT molecular complexity index is 1260. The van der Waals surface area contributed by atoms with Crippen molar-refractivity contribution in [2.24, 2.45) is 5.16 Å². The fourth-order valence-electron chi connectivity index (χ4n) is 2.85. The van der Waals surface area contributed by atoms with E-state index >= 15 is 0 Å². The van der Waals surface area contributed by atoms with Gasteiger partial charge in [-0.15, -0.1) is 11.8 Å². The highest BCUT2D eigenvalue weighted by Crippen LogP contribution is 2.27. The van der Waals surface area contributed by atoms with Crippen LogP contribution in [0.15, 0.2) is 89.0 Å². The molecule has 0 unspecified atom stereocenters. The predicted octanol–water partition coefficient (Wildman–Crippen LogP) is 7.02. The molecule has 0 atom stereocenters. The maximum Gasteiger partial charge on any atom is 0.365 e. The number of pyridine rings is 1. The molecule has 3 aromatic carbocycles. The van der Waals surface area contributed by atoms with Crippen LogP contribution >= 0.6 is 35.0 Å². The minimum atomic E-state index is -0.581. The van der Waals surface area contributed by atoms with Gasteiger partial charge in [-0.2, -0.15) is 0 Å². The van der Waals surface area contributed by atoms with Crippen LogP contribution in [0.4, 0.5) is 0 Å². The number of fused-ring (bicyclic) bond motifs is 1. The number of hydrogen-bond acceptors (Lipinski definition) is 5. The third kappa shape index (κ3) is 5.64. The van der Waals surface area contributed by atoms with Crippen LogP contribution in [0.3, 0.4) is 0 Å². The lowest BCUT2D eigenvalue weighted by molar-refractivity contribution is 0.0519. The number of carbonyl (C=O) groups is 1. The minimum absolute atomic E-state index is 0.332. The van der Waals surface area contributed by atoms with E-state index < -0.39 is 5.97 Å².